The van der Waals surface area contributed by atoms with Crippen molar-refractivity contribution in [2.45, 2.75) is 26.1 Å². The largest absolute Gasteiger partial charge is 0.508 e. The van der Waals surface area contributed by atoms with Crippen LogP contribution in [0.15, 0.2) is 18.2 Å². The molecule has 0 aliphatic heterocycles. The number of aliphatic hydroxyl groups excluding tert-OH is 2. The lowest BCUT2D eigenvalue weighted by molar-refractivity contribution is 0.195. The molecule has 1 aromatic carbocycles. The van der Waals surface area contributed by atoms with Crippen molar-refractivity contribution < 1.29 is 15.3 Å². The van der Waals surface area contributed by atoms with Crippen LogP contribution in [0.4, 0.5) is 0 Å². The van der Waals surface area contributed by atoms with Gasteiger partial charge in [-0.25, -0.2) is 0 Å². The molecule has 3 heteroatoms. The van der Waals surface area contributed by atoms with Crippen molar-refractivity contribution in [1.82, 2.24) is 0 Å². The first kappa shape index (κ1) is 10.0. The SMILES string of the molecule is CC(O)Cc1ccc(CO)c(O)c1. The van der Waals surface area contributed by atoms with Crippen molar-refractivity contribution in [2.75, 3.05) is 0 Å². The molecule has 0 bridgehead atoms. The summed E-state index contributed by atoms with van der Waals surface area (Å²) in [5.41, 5.74) is 1.37. The molecule has 0 saturated heterocycles. The van der Waals surface area contributed by atoms with Gasteiger partial charge in [0.15, 0.2) is 0 Å². The molecule has 1 atom stereocenters. The van der Waals surface area contributed by atoms with E-state index >= 15 is 0 Å². The van der Waals surface area contributed by atoms with E-state index in [1.165, 1.54) is 0 Å². The van der Waals surface area contributed by atoms with E-state index in [9.17, 15) is 5.11 Å². The van der Waals surface area contributed by atoms with Crippen molar-refractivity contribution in [1.29, 1.82) is 0 Å². The summed E-state index contributed by atoms with van der Waals surface area (Å²) in [5, 5.41) is 27.2. The molecule has 0 aromatic heterocycles. The highest BCUT2D eigenvalue weighted by Crippen LogP contribution is 2.19. The molecule has 1 unspecified atom stereocenters. The van der Waals surface area contributed by atoms with E-state index < -0.39 is 6.10 Å². The van der Waals surface area contributed by atoms with E-state index in [4.69, 9.17) is 10.2 Å². The third kappa shape index (κ3) is 2.72. The molecule has 0 heterocycles. The van der Waals surface area contributed by atoms with Gasteiger partial charge in [-0.15, -0.1) is 0 Å². The van der Waals surface area contributed by atoms with E-state index in [1.54, 1.807) is 25.1 Å². The number of hydrogen-bond donors (Lipinski definition) is 3. The number of aliphatic hydroxyl groups is 2. The molecule has 0 saturated carbocycles. The average Bonchev–Trinajstić information content (AvgIpc) is 2.03. The second-order valence-corrected chi connectivity index (χ2v) is 3.17. The summed E-state index contributed by atoms with van der Waals surface area (Å²) >= 11 is 0. The summed E-state index contributed by atoms with van der Waals surface area (Å²) in [4.78, 5) is 0. The van der Waals surface area contributed by atoms with Crippen molar-refractivity contribution in [3.63, 3.8) is 0 Å². The molecular formula is C10H14O3. The zero-order valence-corrected chi connectivity index (χ0v) is 7.57. The maximum Gasteiger partial charge on any atom is 0.121 e. The van der Waals surface area contributed by atoms with Crippen LogP contribution >= 0.6 is 0 Å². The molecule has 3 N–H and O–H groups in total. The van der Waals surface area contributed by atoms with Crippen molar-refractivity contribution in [3.05, 3.63) is 29.3 Å². The van der Waals surface area contributed by atoms with Gasteiger partial charge in [0.05, 0.1) is 12.7 Å². The Labute approximate surface area is 77.3 Å². The monoisotopic (exact) mass is 182 g/mol. The Kier molecular flexibility index (Phi) is 3.28. The van der Waals surface area contributed by atoms with Crippen molar-refractivity contribution in [3.8, 4) is 5.75 Å². The molecule has 1 aromatic rings. The molecule has 0 spiro atoms. The van der Waals surface area contributed by atoms with Gasteiger partial charge in [-0.1, -0.05) is 12.1 Å². The molecule has 0 aliphatic carbocycles. The van der Waals surface area contributed by atoms with Crippen molar-refractivity contribution in [2.24, 2.45) is 0 Å². The van der Waals surface area contributed by atoms with E-state index in [-0.39, 0.29) is 12.4 Å². The lowest BCUT2D eigenvalue weighted by Gasteiger charge is -2.06. The molecule has 72 valence electrons. The highest BCUT2D eigenvalue weighted by Gasteiger charge is 2.03. The highest BCUT2D eigenvalue weighted by atomic mass is 16.3. The first-order valence-electron chi connectivity index (χ1n) is 4.23. The zero-order chi connectivity index (χ0) is 9.84. The number of hydrogen-bond acceptors (Lipinski definition) is 3. The predicted octanol–water partition coefficient (Wildman–Crippen LogP) is 0.808. The molecule has 0 fully saturated rings. The molecule has 0 aliphatic rings. The van der Waals surface area contributed by atoms with Crippen LogP contribution in [0.25, 0.3) is 0 Å². The minimum atomic E-state index is -0.417. The van der Waals surface area contributed by atoms with Crippen LogP contribution in [0.3, 0.4) is 0 Å². The van der Waals surface area contributed by atoms with E-state index in [0.29, 0.717) is 12.0 Å². The van der Waals surface area contributed by atoms with Gasteiger partial charge in [0.25, 0.3) is 0 Å². The second kappa shape index (κ2) is 4.25. The molecule has 0 amide bonds. The second-order valence-electron chi connectivity index (χ2n) is 3.17. The summed E-state index contributed by atoms with van der Waals surface area (Å²) < 4.78 is 0. The van der Waals surface area contributed by atoms with E-state index in [2.05, 4.69) is 0 Å². The Morgan fingerprint density at radius 2 is 2.08 bits per heavy atom. The maximum absolute atomic E-state index is 9.36. The first-order chi connectivity index (χ1) is 6.13. The minimum absolute atomic E-state index is 0.0839. The normalized spacial score (nSPS) is 12.8. The van der Waals surface area contributed by atoms with Crippen LogP contribution < -0.4 is 0 Å². The fourth-order valence-corrected chi connectivity index (χ4v) is 1.21. The predicted molar refractivity (Wildman–Crippen MR) is 49.4 cm³/mol. The van der Waals surface area contributed by atoms with Gasteiger partial charge in [-0.3, -0.25) is 0 Å². The standard InChI is InChI=1S/C10H14O3/c1-7(12)4-8-2-3-9(6-11)10(13)5-8/h2-3,5,7,11-13H,4,6H2,1H3. The van der Waals surface area contributed by atoms with Crippen LogP contribution in [-0.2, 0) is 13.0 Å². The molecule has 3 nitrogen and oxygen atoms in total. The Bertz CT molecular complexity index is 281. The lowest BCUT2D eigenvalue weighted by Crippen LogP contribution is -2.04. The number of rotatable bonds is 3. The summed E-state index contributed by atoms with van der Waals surface area (Å²) in [6.45, 7) is 1.53. The van der Waals surface area contributed by atoms with Gasteiger partial charge >= 0.3 is 0 Å². The van der Waals surface area contributed by atoms with E-state index in [1.807, 2.05) is 0 Å². The van der Waals surface area contributed by atoms with Gasteiger partial charge in [0.2, 0.25) is 0 Å². The van der Waals surface area contributed by atoms with Gasteiger partial charge < -0.3 is 15.3 Å². The zero-order valence-electron chi connectivity index (χ0n) is 7.57. The summed E-state index contributed by atoms with van der Waals surface area (Å²) in [6.07, 6.45) is 0.0959. The Morgan fingerprint density at radius 3 is 2.54 bits per heavy atom. The molecule has 13 heavy (non-hydrogen) atoms. The number of phenols is 1. The summed E-state index contributed by atoms with van der Waals surface area (Å²) in [7, 11) is 0. The molecule has 1 rings (SSSR count). The topological polar surface area (TPSA) is 60.7 Å². The fourth-order valence-electron chi connectivity index (χ4n) is 1.21. The van der Waals surface area contributed by atoms with Crippen LogP contribution in [0.5, 0.6) is 5.75 Å². The average molecular weight is 182 g/mol. The highest BCUT2D eigenvalue weighted by molar-refractivity contribution is 5.36. The van der Waals surface area contributed by atoms with Crippen LogP contribution in [0, 0.1) is 0 Å². The quantitative estimate of drug-likeness (QED) is 0.648. The Balaban J connectivity index is 2.83. The van der Waals surface area contributed by atoms with Crippen molar-refractivity contribution >= 4 is 0 Å². The van der Waals surface area contributed by atoms with Gasteiger partial charge in [-0.05, 0) is 25.0 Å². The van der Waals surface area contributed by atoms with E-state index in [0.717, 1.165) is 5.56 Å². The van der Waals surface area contributed by atoms with Gasteiger partial charge in [0.1, 0.15) is 5.75 Å². The van der Waals surface area contributed by atoms with Crippen LogP contribution in [-0.4, -0.2) is 21.4 Å². The van der Waals surface area contributed by atoms with Crippen LogP contribution in [0.2, 0.25) is 0 Å². The smallest absolute Gasteiger partial charge is 0.121 e. The summed E-state index contributed by atoms with van der Waals surface area (Å²) in [6, 6.07) is 5.02. The number of benzene rings is 1. The fraction of sp³-hybridized carbons (Fsp3) is 0.400. The molecular weight excluding hydrogens is 168 g/mol. The Morgan fingerprint density at radius 1 is 1.38 bits per heavy atom. The number of aromatic hydroxyl groups is 1. The lowest BCUT2D eigenvalue weighted by atomic mass is 10.1. The van der Waals surface area contributed by atoms with Crippen LogP contribution in [0.1, 0.15) is 18.1 Å². The third-order valence-electron chi connectivity index (χ3n) is 1.85. The third-order valence-corrected chi connectivity index (χ3v) is 1.85. The summed E-state index contributed by atoms with van der Waals surface area (Å²) in [5.74, 6) is 0.0839. The van der Waals surface area contributed by atoms with Gasteiger partial charge in [0, 0.05) is 5.56 Å². The minimum Gasteiger partial charge on any atom is -0.508 e. The van der Waals surface area contributed by atoms with Gasteiger partial charge in [-0.2, -0.15) is 0 Å². The molecule has 0 radical (unpaired) electrons. The maximum atomic E-state index is 9.36. The Hall–Kier alpha value is -1.06. The first-order valence-corrected chi connectivity index (χ1v) is 4.23.